The quantitative estimate of drug-likeness (QED) is 0.660. The first kappa shape index (κ1) is 21.0. The van der Waals surface area contributed by atoms with Crippen LogP contribution in [-0.2, 0) is 19.5 Å². The summed E-state index contributed by atoms with van der Waals surface area (Å²) in [5.41, 5.74) is 1.62. The van der Waals surface area contributed by atoms with Gasteiger partial charge in [-0.1, -0.05) is 18.2 Å². The molecule has 162 valence electrons. The van der Waals surface area contributed by atoms with Gasteiger partial charge in [0.05, 0.1) is 13.2 Å². The molecule has 1 N–H and O–H groups in total. The number of carbonyl (C=O) groups is 1. The maximum atomic E-state index is 13.2. The number of fused-ring (bicyclic) bond motifs is 1. The van der Waals surface area contributed by atoms with Crippen LogP contribution in [0.15, 0.2) is 48.5 Å². The van der Waals surface area contributed by atoms with E-state index in [-0.39, 0.29) is 17.8 Å². The van der Waals surface area contributed by atoms with Crippen molar-refractivity contribution in [3.05, 3.63) is 77.1 Å². The SMILES string of the molecule is COc1cccc(C(=O)NC(C)c2nnc3n2CCN(Cc2ccc(F)cc2)CC3)c1. The Morgan fingerprint density at radius 2 is 1.97 bits per heavy atom. The summed E-state index contributed by atoms with van der Waals surface area (Å²) < 4.78 is 20.5. The van der Waals surface area contributed by atoms with Gasteiger partial charge in [0.25, 0.3) is 5.91 Å². The van der Waals surface area contributed by atoms with E-state index in [9.17, 15) is 9.18 Å². The minimum absolute atomic E-state index is 0.185. The van der Waals surface area contributed by atoms with Gasteiger partial charge in [-0.2, -0.15) is 0 Å². The number of amides is 1. The van der Waals surface area contributed by atoms with E-state index in [4.69, 9.17) is 4.74 Å². The smallest absolute Gasteiger partial charge is 0.251 e. The first-order valence-corrected chi connectivity index (χ1v) is 10.4. The lowest BCUT2D eigenvalue weighted by atomic mass is 10.2. The third kappa shape index (κ3) is 4.91. The number of nitrogens with zero attached hydrogens (tertiary/aromatic N) is 4. The molecule has 1 aliphatic rings. The summed E-state index contributed by atoms with van der Waals surface area (Å²) in [5.74, 6) is 1.89. The molecule has 31 heavy (non-hydrogen) atoms. The van der Waals surface area contributed by atoms with E-state index in [1.54, 1.807) is 31.4 Å². The topological polar surface area (TPSA) is 72.3 Å². The molecule has 0 fully saturated rings. The van der Waals surface area contributed by atoms with Gasteiger partial charge in [-0.3, -0.25) is 9.69 Å². The number of carbonyl (C=O) groups excluding carboxylic acids is 1. The van der Waals surface area contributed by atoms with Crippen molar-refractivity contribution in [2.24, 2.45) is 0 Å². The Morgan fingerprint density at radius 1 is 1.16 bits per heavy atom. The third-order valence-corrected chi connectivity index (χ3v) is 5.53. The normalized spacial score (nSPS) is 15.1. The van der Waals surface area contributed by atoms with Crippen molar-refractivity contribution in [3.63, 3.8) is 0 Å². The van der Waals surface area contributed by atoms with Gasteiger partial charge in [0.2, 0.25) is 0 Å². The highest BCUT2D eigenvalue weighted by Gasteiger charge is 2.23. The number of methoxy groups -OCH3 is 1. The largest absolute Gasteiger partial charge is 0.497 e. The Morgan fingerprint density at radius 3 is 2.74 bits per heavy atom. The van der Waals surface area contributed by atoms with Gasteiger partial charge in [0.15, 0.2) is 5.82 Å². The van der Waals surface area contributed by atoms with Crippen molar-refractivity contribution in [2.75, 3.05) is 20.2 Å². The zero-order chi connectivity index (χ0) is 21.8. The lowest BCUT2D eigenvalue weighted by Crippen LogP contribution is -2.30. The molecule has 1 aromatic heterocycles. The highest BCUT2D eigenvalue weighted by atomic mass is 19.1. The molecule has 8 heteroatoms. The molecule has 0 saturated carbocycles. The Labute approximate surface area is 180 Å². The minimum Gasteiger partial charge on any atom is -0.497 e. The summed E-state index contributed by atoms with van der Waals surface area (Å²) in [6.45, 7) is 5.08. The van der Waals surface area contributed by atoms with Crippen molar-refractivity contribution < 1.29 is 13.9 Å². The predicted octanol–water partition coefficient (Wildman–Crippen LogP) is 2.98. The molecule has 0 bridgehead atoms. The molecule has 2 heterocycles. The Kier molecular flexibility index (Phi) is 6.27. The molecule has 4 rings (SSSR count). The highest BCUT2D eigenvalue weighted by Crippen LogP contribution is 2.18. The number of aromatic nitrogens is 3. The van der Waals surface area contributed by atoms with Crippen molar-refractivity contribution in [1.82, 2.24) is 25.0 Å². The number of ether oxygens (including phenoxy) is 1. The Bertz CT molecular complexity index is 1050. The second-order valence-electron chi connectivity index (χ2n) is 7.71. The van der Waals surface area contributed by atoms with Gasteiger partial charge < -0.3 is 14.6 Å². The van der Waals surface area contributed by atoms with E-state index < -0.39 is 0 Å². The number of nitrogens with one attached hydrogen (secondary N) is 1. The molecule has 1 amide bonds. The van der Waals surface area contributed by atoms with Crippen LogP contribution in [0.5, 0.6) is 5.75 Å². The lowest BCUT2D eigenvalue weighted by Gasteiger charge is -2.20. The van der Waals surface area contributed by atoms with Crippen molar-refractivity contribution in [3.8, 4) is 5.75 Å². The fourth-order valence-electron chi connectivity index (χ4n) is 3.82. The molecule has 3 aromatic rings. The van der Waals surface area contributed by atoms with E-state index in [0.717, 1.165) is 49.8 Å². The number of hydrogen-bond donors (Lipinski definition) is 1. The van der Waals surface area contributed by atoms with Crippen LogP contribution in [0, 0.1) is 5.82 Å². The van der Waals surface area contributed by atoms with Gasteiger partial charge in [-0.25, -0.2) is 4.39 Å². The first-order valence-electron chi connectivity index (χ1n) is 10.4. The number of hydrogen-bond acceptors (Lipinski definition) is 5. The maximum absolute atomic E-state index is 13.2. The summed E-state index contributed by atoms with van der Waals surface area (Å²) in [6, 6.07) is 13.4. The summed E-state index contributed by atoms with van der Waals surface area (Å²) in [6.07, 6.45) is 0.769. The summed E-state index contributed by atoms with van der Waals surface area (Å²) in [7, 11) is 1.57. The van der Waals surface area contributed by atoms with Crippen LogP contribution < -0.4 is 10.1 Å². The molecule has 7 nitrogen and oxygen atoms in total. The maximum Gasteiger partial charge on any atom is 0.251 e. The molecule has 0 saturated heterocycles. The molecular formula is C23H26FN5O2. The molecule has 0 radical (unpaired) electrons. The number of rotatable bonds is 6. The molecule has 1 atom stereocenters. The van der Waals surface area contributed by atoms with Crippen molar-refractivity contribution in [1.29, 1.82) is 0 Å². The standard InChI is InChI=1S/C23H26FN5O2/c1-16(25-23(30)18-4-3-5-20(14-18)31-2)22-27-26-21-10-11-28(12-13-29(21)22)15-17-6-8-19(24)9-7-17/h3-9,14,16H,10-13,15H2,1-2H3,(H,25,30). The van der Waals surface area contributed by atoms with E-state index in [0.29, 0.717) is 11.3 Å². The second-order valence-corrected chi connectivity index (χ2v) is 7.71. The van der Waals surface area contributed by atoms with Gasteiger partial charge in [-0.15, -0.1) is 10.2 Å². The zero-order valence-corrected chi connectivity index (χ0v) is 17.7. The summed E-state index contributed by atoms with van der Waals surface area (Å²) >= 11 is 0. The van der Waals surface area contributed by atoms with Crippen LogP contribution in [0.25, 0.3) is 0 Å². The van der Waals surface area contributed by atoms with Crippen LogP contribution in [0.4, 0.5) is 4.39 Å². The fourth-order valence-corrected chi connectivity index (χ4v) is 3.82. The van der Waals surface area contributed by atoms with E-state index in [1.807, 2.05) is 19.1 Å². The molecule has 1 unspecified atom stereocenters. The molecule has 0 aliphatic carbocycles. The third-order valence-electron chi connectivity index (χ3n) is 5.53. The van der Waals surface area contributed by atoms with Crippen molar-refractivity contribution in [2.45, 2.75) is 32.5 Å². The predicted molar refractivity (Wildman–Crippen MR) is 114 cm³/mol. The van der Waals surface area contributed by atoms with Crippen molar-refractivity contribution >= 4 is 5.91 Å². The summed E-state index contributed by atoms with van der Waals surface area (Å²) in [4.78, 5) is 15.0. The van der Waals surface area contributed by atoms with E-state index >= 15 is 0 Å². The van der Waals surface area contributed by atoms with Gasteiger partial charge >= 0.3 is 0 Å². The Balaban J connectivity index is 1.41. The number of benzene rings is 2. The molecule has 1 aliphatic heterocycles. The minimum atomic E-state index is -0.288. The molecular weight excluding hydrogens is 397 g/mol. The van der Waals surface area contributed by atoms with Crippen LogP contribution >= 0.6 is 0 Å². The van der Waals surface area contributed by atoms with Gasteiger partial charge in [-0.05, 0) is 42.8 Å². The highest BCUT2D eigenvalue weighted by molar-refractivity contribution is 5.94. The average Bonchev–Trinajstić information content (AvgIpc) is 3.09. The molecule has 0 spiro atoms. The zero-order valence-electron chi connectivity index (χ0n) is 17.7. The monoisotopic (exact) mass is 423 g/mol. The fraction of sp³-hybridized carbons (Fsp3) is 0.348. The van der Waals surface area contributed by atoms with Crippen LogP contribution in [0.1, 0.15) is 40.5 Å². The van der Waals surface area contributed by atoms with Gasteiger partial charge in [0.1, 0.15) is 17.4 Å². The molecule has 2 aromatic carbocycles. The second kappa shape index (κ2) is 9.26. The summed E-state index contributed by atoms with van der Waals surface area (Å²) in [5, 5.41) is 11.7. The number of halogens is 1. The van der Waals surface area contributed by atoms with Crippen LogP contribution in [0.2, 0.25) is 0 Å². The van der Waals surface area contributed by atoms with E-state index in [1.165, 1.54) is 12.1 Å². The van der Waals surface area contributed by atoms with E-state index in [2.05, 4.69) is 25.0 Å². The van der Waals surface area contributed by atoms with Crippen LogP contribution in [0.3, 0.4) is 0 Å². The van der Waals surface area contributed by atoms with Gasteiger partial charge in [0, 0.05) is 38.2 Å². The first-order chi connectivity index (χ1) is 15.0. The van der Waals surface area contributed by atoms with Crippen LogP contribution in [-0.4, -0.2) is 45.8 Å². The average molecular weight is 423 g/mol. The lowest BCUT2D eigenvalue weighted by molar-refractivity contribution is 0.0937. The Hall–Kier alpha value is -3.26.